The molecule has 2 atom stereocenters. The first kappa shape index (κ1) is 12.1. The van der Waals surface area contributed by atoms with Crippen LogP contribution in [-0.4, -0.2) is 29.7 Å². The molecule has 4 nitrogen and oxygen atoms in total. The maximum absolute atomic E-state index is 11.3. The maximum Gasteiger partial charge on any atom is 0.237 e. The van der Waals surface area contributed by atoms with E-state index in [0.29, 0.717) is 12.8 Å². The summed E-state index contributed by atoms with van der Waals surface area (Å²) in [5, 5.41) is 11.5. The molecular weight excluding hydrogens is 168 g/mol. The highest BCUT2D eigenvalue weighted by Crippen LogP contribution is 1.93. The van der Waals surface area contributed by atoms with Crippen molar-refractivity contribution in [2.75, 3.05) is 6.61 Å². The summed E-state index contributed by atoms with van der Waals surface area (Å²) in [4.78, 5) is 11.3. The van der Waals surface area contributed by atoms with E-state index in [2.05, 4.69) is 11.9 Å². The van der Waals surface area contributed by atoms with Crippen LogP contribution in [-0.2, 0) is 4.79 Å². The number of hydrogen-bond donors (Lipinski definition) is 3. The summed E-state index contributed by atoms with van der Waals surface area (Å²) in [5.74, 6) is -0.235. The molecule has 0 radical (unpaired) electrons. The van der Waals surface area contributed by atoms with E-state index < -0.39 is 6.04 Å². The standard InChI is InChI=1S/C9H18N2O2/c1-3-5-8(10)9(13)11-7(4-2)6-12/h3,7-8,12H,1,4-6,10H2,2H3,(H,11,13)/t7-,8?/m0/s1. The van der Waals surface area contributed by atoms with E-state index in [0.717, 1.165) is 0 Å². The van der Waals surface area contributed by atoms with Crippen LogP contribution in [0.15, 0.2) is 12.7 Å². The summed E-state index contributed by atoms with van der Waals surface area (Å²) < 4.78 is 0. The van der Waals surface area contributed by atoms with Crippen LogP contribution in [0.4, 0.5) is 0 Å². The van der Waals surface area contributed by atoms with Gasteiger partial charge in [-0.15, -0.1) is 6.58 Å². The normalized spacial score (nSPS) is 14.7. The smallest absolute Gasteiger partial charge is 0.237 e. The molecule has 0 aromatic rings. The predicted molar refractivity (Wildman–Crippen MR) is 52.1 cm³/mol. The van der Waals surface area contributed by atoms with Crippen LogP contribution in [0.3, 0.4) is 0 Å². The minimum atomic E-state index is -0.557. The van der Waals surface area contributed by atoms with Crippen LogP contribution in [0, 0.1) is 0 Å². The van der Waals surface area contributed by atoms with Gasteiger partial charge in [0.15, 0.2) is 0 Å². The van der Waals surface area contributed by atoms with E-state index in [4.69, 9.17) is 10.8 Å². The molecule has 4 heteroatoms. The molecule has 0 aromatic carbocycles. The highest BCUT2D eigenvalue weighted by Gasteiger charge is 2.14. The van der Waals surface area contributed by atoms with Crippen molar-refractivity contribution in [2.45, 2.75) is 31.8 Å². The van der Waals surface area contributed by atoms with Gasteiger partial charge in [-0.2, -0.15) is 0 Å². The average molecular weight is 186 g/mol. The minimum absolute atomic E-state index is 0.0525. The van der Waals surface area contributed by atoms with Gasteiger partial charge in [-0.3, -0.25) is 4.79 Å². The van der Waals surface area contributed by atoms with Gasteiger partial charge in [0.2, 0.25) is 5.91 Å². The number of carbonyl (C=O) groups excluding carboxylic acids is 1. The highest BCUT2D eigenvalue weighted by atomic mass is 16.3. The van der Waals surface area contributed by atoms with Crippen LogP contribution < -0.4 is 11.1 Å². The van der Waals surface area contributed by atoms with Gasteiger partial charge in [-0.1, -0.05) is 13.0 Å². The Labute approximate surface area is 78.8 Å². The van der Waals surface area contributed by atoms with E-state index in [1.54, 1.807) is 6.08 Å². The molecule has 76 valence electrons. The molecule has 0 saturated heterocycles. The summed E-state index contributed by atoms with van der Waals surface area (Å²) in [6, 6.07) is -0.749. The summed E-state index contributed by atoms with van der Waals surface area (Å²) in [5.41, 5.74) is 5.52. The molecule has 1 unspecified atom stereocenters. The first-order valence-corrected chi connectivity index (χ1v) is 4.43. The van der Waals surface area contributed by atoms with Crippen LogP contribution in [0.5, 0.6) is 0 Å². The minimum Gasteiger partial charge on any atom is -0.394 e. The lowest BCUT2D eigenvalue weighted by Gasteiger charge is -2.16. The van der Waals surface area contributed by atoms with Gasteiger partial charge in [-0.25, -0.2) is 0 Å². The first-order chi connectivity index (χ1) is 6.15. The van der Waals surface area contributed by atoms with Crippen molar-refractivity contribution in [1.29, 1.82) is 0 Å². The van der Waals surface area contributed by atoms with E-state index >= 15 is 0 Å². The molecule has 0 saturated carbocycles. The lowest BCUT2D eigenvalue weighted by atomic mass is 10.1. The second-order valence-electron chi connectivity index (χ2n) is 2.93. The fourth-order valence-electron chi connectivity index (χ4n) is 0.872. The van der Waals surface area contributed by atoms with Crippen LogP contribution in [0.1, 0.15) is 19.8 Å². The van der Waals surface area contributed by atoms with Gasteiger partial charge in [0.1, 0.15) is 0 Å². The topological polar surface area (TPSA) is 75.4 Å². The molecule has 1 amide bonds. The highest BCUT2D eigenvalue weighted by molar-refractivity contribution is 5.81. The molecule has 0 rings (SSSR count). The van der Waals surface area contributed by atoms with Crippen LogP contribution >= 0.6 is 0 Å². The Bertz CT molecular complexity index is 167. The Morgan fingerprint density at radius 1 is 1.77 bits per heavy atom. The van der Waals surface area contributed by atoms with Crippen molar-refractivity contribution in [3.8, 4) is 0 Å². The molecule has 0 aromatic heterocycles. The second kappa shape index (κ2) is 6.62. The molecule has 0 spiro atoms. The first-order valence-electron chi connectivity index (χ1n) is 4.43. The molecule has 0 aliphatic heterocycles. The average Bonchev–Trinajstić information content (AvgIpc) is 2.14. The molecule has 0 heterocycles. The van der Waals surface area contributed by atoms with Crippen molar-refractivity contribution >= 4 is 5.91 Å². The second-order valence-corrected chi connectivity index (χ2v) is 2.93. The van der Waals surface area contributed by atoms with Crippen molar-refractivity contribution < 1.29 is 9.90 Å². The third kappa shape index (κ3) is 4.65. The number of aliphatic hydroxyl groups is 1. The van der Waals surface area contributed by atoms with Crippen LogP contribution in [0.25, 0.3) is 0 Å². The number of rotatable bonds is 6. The Balaban J connectivity index is 3.89. The summed E-state index contributed by atoms with van der Waals surface area (Å²) in [7, 11) is 0. The quantitative estimate of drug-likeness (QED) is 0.502. The molecule has 4 N–H and O–H groups in total. The SMILES string of the molecule is C=CCC(N)C(=O)N[C@@H](CC)CO. The van der Waals surface area contributed by atoms with E-state index in [9.17, 15) is 4.79 Å². The van der Waals surface area contributed by atoms with Crippen LogP contribution in [0.2, 0.25) is 0 Å². The lowest BCUT2D eigenvalue weighted by Crippen LogP contribution is -2.46. The molecule has 0 aliphatic rings. The lowest BCUT2D eigenvalue weighted by molar-refractivity contribution is -0.123. The number of nitrogens with one attached hydrogen (secondary N) is 1. The number of nitrogens with two attached hydrogens (primary N) is 1. The Morgan fingerprint density at radius 2 is 2.38 bits per heavy atom. The van der Waals surface area contributed by atoms with Gasteiger partial charge in [0, 0.05) is 0 Å². The summed E-state index contributed by atoms with van der Waals surface area (Å²) in [6.45, 7) is 5.33. The number of aliphatic hydroxyl groups excluding tert-OH is 1. The van der Waals surface area contributed by atoms with Gasteiger partial charge in [0.25, 0.3) is 0 Å². The summed E-state index contributed by atoms with van der Waals surface area (Å²) in [6.07, 6.45) is 2.75. The third-order valence-electron chi connectivity index (χ3n) is 1.82. The van der Waals surface area contributed by atoms with E-state index in [-0.39, 0.29) is 18.6 Å². The Kier molecular flexibility index (Phi) is 6.18. The Morgan fingerprint density at radius 3 is 2.77 bits per heavy atom. The number of hydrogen-bond acceptors (Lipinski definition) is 3. The Hall–Kier alpha value is -0.870. The number of amides is 1. The van der Waals surface area contributed by atoms with Gasteiger partial charge in [-0.05, 0) is 12.8 Å². The van der Waals surface area contributed by atoms with Crippen molar-refractivity contribution in [2.24, 2.45) is 5.73 Å². The molecule has 0 bridgehead atoms. The zero-order valence-corrected chi connectivity index (χ0v) is 7.99. The summed E-state index contributed by atoms with van der Waals surface area (Å²) >= 11 is 0. The van der Waals surface area contributed by atoms with Gasteiger partial charge < -0.3 is 16.2 Å². The molecule has 0 aliphatic carbocycles. The third-order valence-corrected chi connectivity index (χ3v) is 1.82. The molecule has 0 fully saturated rings. The van der Waals surface area contributed by atoms with Crippen molar-refractivity contribution in [1.82, 2.24) is 5.32 Å². The van der Waals surface area contributed by atoms with Gasteiger partial charge >= 0.3 is 0 Å². The van der Waals surface area contributed by atoms with Crippen molar-refractivity contribution in [3.63, 3.8) is 0 Å². The van der Waals surface area contributed by atoms with Gasteiger partial charge in [0.05, 0.1) is 18.7 Å². The number of carbonyl (C=O) groups is 1. The molecule has 13 heavy (non-hydrogen) atoms. The fraction of sp³-hybridized carbons (Fsp3) is 0.667. The van der Waals surface area contributed by atoms with Crippen molar-refractivity contribution in [3.05, 3.63) is 12.7 Å². The van der Waals surface area contributed by atoms with E-state index in [1.165, 1.54) is 0 Å². The zero-order chi connectivity index (χ0) is 10.3. The predicted octanol–water partition coefficient (Wildman–Crippen LogP) is -0.223. The zero-order valence-electron chi connectivity index (χ0n) is 7.99. The fourth-order valence-corrected chi connectivity index (χ4v) is 0.872. The monoisotopic (exact) mass is 186 g/mol. The van der Waals surface area contributed by atoms with E-state index in [1.807, 2.05) is 6.92 Å². The molecular formula is C9H18N2O2. The maximum atomic E-state index is 11.3. The largest absolute Gasteiger partial charge is 0.394 e.